The number of unbranched alkanes of at least 4 members (excludes halogenated alkanes) is 1. The second-order valence-corrected chi connectivity index (χ2v) is 5.71. The normalized spacial score (nSPS) is 11.9. The molecule has 1 atom stereocenters. The van der Waals surface area contributed by atoms with Crippen molar-refractivity contribution in [3.63, 3.8) is 0 Å². The van der Waals surface area contributed by atoms with Crippen molar-refractivity contribution in [3.8, 4) is 0 Å². The lowest BCUT2D eigenvalue weighted by molar-refractivity contribution is -0.121. The molecule has 0 aromatic carbocycles. The molecule has 2 aromatic heterocycles. The summed E-state index contributed by atoms with van der Waals surface area (Å²) < 4.78 is 0.957. The SMILES string of the molecule is CCCCC(NC(=O)Cc1c[nH]c(=O)n(C)c1=O)c1cccnc1. The zero-order chi connectivity index (χ0) is 17.5. The Balaban J connectivity index is 2.12. The number of amides is 1. The molecule has 24 heavy (non-hydrogen) atoms. The molecule has 0 fully saturated rings. The molecule has 2 N–H and O–H groups in total. The van der Waals surface area contributed by atoms with Crippen LogP contribution >= 0.6 is 0 Å². The number of carbonyl (C=O) groups is 1. The third kappa shape index (κ3) is 4.41. The van der Waals surface area contributed by atoms with Crippen LogP contribution in [0.2, 0.25) is 0 Å². The van der Waals surface area contributed by atoms with Crippen molar-refractivity contribution in [2.75, 3.05) is 0 Å². The van der Waals surface area contributed by atoms with Crippen LogP contribution < -0.4 is 16.6 Å². The van der Waals surface area contributed by atoms with E-state index in [1.807, 2.05) is 12.1 Å². The maximum atomic E-state index is 12.3. The fourth-order valence-electron chi connectivity index (χ4n) is 2.47. The van der Waals surface area contributed by atoms with Crippen molar-refractivity contribution in [2.24, 2.45) is 7.05 Å². The van der Waals surface area contributed by atoms with Crippen molar-refractivity contribution < 1.29 is 4.79 Å². The van der Waals surface area contributed by atoms with Gasteiger partial charge in [-0.3, -0.25) is 19.1 Å². The van der Waals surface area contributed by atoms with Gasteiger partial charge in [0, 0.05) is 31.2 Å². The van der Waals surface area contributed by atoms with Gasteiger partial charge in [0.1, 0.15) is 0 Å². The van der Waals surface area contributed by atoms with E-state index in [2.05, 4.69) is 22.2 Å². The van der Waals surface area contributed by atoms with Crippen molar-refractivity contribution in [2.45, 2.75) is 38.6 Å². The minimum atomic E-state index is -0.500. The number of hydrogen-bond acceptors (Lipinski definition) is 4. The van der Waals surface area contributed by atoms with Gasteiger partial charge in [0.2, 0.25) is 5.91 Å². The summed E-state index contributed by atoms with van der Waals surface area (Å²) in [5, 5.41) is 2.96. The highest BCUT2D eigenvalue weighted by Crippen LogP contribution is 2.18. The fourth-order valence-corrected chi connectivity index (χ4v) is 2.47. The van der Waals surface area contributed by atoms with E-state index in [1.165, 1.54) is 13.2 Å². The smallest absolute Gasteiger partial charge is 0.328 e. The van der Waals surface area contributed by atoms with Gasteiger partial charge in [0.15, 0.2) is 0 Å². The monoisotopic (exact) mass is 330 g/mol. The lowest BCUT2D eigenvalue weighted by Crippen LogP contribution is -2.37. The van der Waals surface area contributed by atoms with Crippen LogP contribution in [0.25, 0.3) is 0 Å². The lowest BCUT2D eigenvalue weighted by Gasteiger charge is -2.18. The van der Waals surface area contributed by atoms with Crippen LogP contribution in [0.15, 0.2) is 40.3 Å². The molecule has 0 aliphatic carbocycles. The molecule has 7 nitrogen and oxygen atoms in total. The third-order valence-corrected chi connectivity index (χ3v) is 3.87. The van der Waals surface area contributed by atoms with Crippen LogP contribution in [0.1, 0.15) is 43.4 Å². The number of nitrogens with one attached hydrogen (secondary N) is 2. The molecule has 2 heterocycles. The minimum absolute atomic E-state index is 0.0770. The van der Waals surface area contributed by atoms with Crippen LogP contribution in [0, 0.1) is 0 Å². The fraction of sp³-hybridized carbons (Fsp3) is 0.412. The Kier molecular flexibility index (Phi) is 6.06. The third-order valence-electron chi connectivity index (χ3n) is 3.87. The van der Waals surface area contributed by atoms with Gasteiger partial charge in [-0.25, -0.2) is 4.79 Å². The molecule has 128 valence electrons. The van der Waals surface area contributed by atoms with E-state index in [4.69, 9.17) is 0 Å². The summed E-state index contributed by atoms with van der Waals surface area (Å²) in [4.78, 5) is 42.2. The van der Waals surface area contributed by atoms with E-state index in [0.717, 1.165) is 29.4 Å². The number of nitrogens with zero attached hydrogens (tertiary/aromatic N) is 2. The van der Waals surface area contributed by atoms with Crippen molar-refractivity contribution in [1.29, 1.82) is 0 Å². The Morgan fingerprint density at radius 3 is 2.88 bits per heavy atom. The summed E-state index contributed by atoms with van der Waals surface area (Å²) in [6, 6.07) is 3.61. The number of pyridine rings is 1. The van der Waals surface area contributed by atoms with Gasteiger partial charge < -0.3 is 10.3 Å². The highest BCUT2D eigenvalue weighted by molar-refractivity contribution is 5.78. The van der Waals surface area contributed by atoms with E-state index in [0.29, 0.717) is 0 Å². The topological polar surface area (TPSA) is 96.9 Å². The lowest BCUT2D eigenvalue weighted by atomic mass is 10.0. The van der Waals surface area contributed by atoms with Crippen LogP contribution in [0.4, 0.5) is 0 Å². The zero-order valence-corrected chi connectivity index (χ0v) is 13.9. The number of rotatable bonds is 7. The van der Waals surface area contributed by atoms with E-state index in [-0.39, 0.29) is 23.9 Å². The summed E-state index contributed by atoms with van der Waals surface area (Å²) in [5.41, 5.74) is 0.240. The van der Waals surface area contributed by atoms with Crippen LogP contribution in [0.3, 0.4) is 0 Å². The molecular formula is C17H22N4O3. The Labute approximate surface area is 139 Å². The van der Waals surface area contributed by atoms with Gasteiger partial charge >= 0.3 is 5.69 Å². The van der Waals surface area contributed by atoms with Crippen molar-refractivity contribution in [3.05, 3.63) is 62.7 Å². The van der Waals surface area contributed by atoms with E-state index >= 15 is 0 Å². The number of aromatic nitrogens is 3. The molecule has 0 saturated heterocycles. The molecule has 0 aliphatic rings. The Morgan fingerprint density at radius 2 is 2.21 bits per heavy atom. The average Bonchev–Trinajstić information content (AvgIpc) is 2.60. The van der Waals surface area contributed by atoms with Gasteiger partial charge in [-0.05, 0) is 18.1 Å². The first kappa shape index (κ1) is 17.7. The maximum Gasteiger partial charge on any atom is 0.328 e. The number of H-pyrrole nitrogens is 1. The first-order valence-corrected chi connectivity index (χ1v) is 7.99. The predicted molar refractivity (Wildman–Crippen MR) is 90.7 cm³/mol. The second kappa shape index (κ2) is 8.24. The average molecular weight is 330 g/mol. The molecule has 1 amide bonds. The maximum absolute atomic E-state index is 12.3. The molecule has 2 aromatic rings. The highest BCUT2D eigenvalue weighted by Gasteiger charge is 2.16. The van der Waals surface area contributed by atoms with Crippen LogP contribution in [0.5, 0.6) is 0 Å². The molecule has 0 radical (unpaired) electrons. The van der Waals surface area contributed by atoms with Gasteiger partial charge in [-0.1, -0.05) is 25.8 Å². The second-order valence-electron chi connectivity index (χ2n) is 5.71. The quantitative estimate of drug-likeness (QED) is 0.793. The van der Waals surface area contributed by atoms with Crippen LogP contribution in [-0.4, -0.2) is 20.4 Å². The number of hydrogen-bond donors (Lipinski definition) is 2. The van der Waals surface area contributed by atoms with Crippen molar-refractivity contribution in [1.82, 2.24) is 19.9 Å². The van der Waals surface area contributed by atoms with E-state index < -0.39 is 11.2 Å². The highest BCUT2D eigenvalue weighted by atomic mass is 16.2. The Bertz CT molecular complexity index is 795. The molecule has 7 heteroatoms. The molecule has 0 saturated carbocycles. The van der Waals surface area contributed by atoms with E-state index in [1.54, 1.807) is 12.4 Å². The van der Waals surface area contributed by atoms with Gasteiger partial charge in [0.05, 0.1) is 12.5 Å². The Hall–Kier alpha value is -2.70. The Morgan fingerprint density at radius 1 is 1.42 bits per heavy atom. The molecule has 0 bridgehead atoms. The number of carbonyl (C=O) groups excluding carboxylic acids is 1. The molecule has 0 aliphatic heterocycles. The summed E-state index contributed by atoms with van der Waals surface area (Å²) in [5.74, 6) is -0.260. The zero-order valence-electron chi connectivity index (χ0n) is 13.9. The minimum Gasteiger partial charge on any atom is -0.349 e. The molecule has 1 unspecified atom stereocenters. The predicted octanol–water partition coefficient (Wildman–Crippen LogP) is 1.06. The van der Waals surface area contributed by atoms with Gasteiger partial charge in [0.25, 0.3) is 5.56 Å². The van der Waals surface area contributed by atoms with E-state index in [9.17, 15) is 14.4 Å². The molecule has 2 rings (SSSR count). The summed E-state index contributed by atoms with van der Waals surface area (Å²) in [6.07, 6.45) is 7.44. The molecule has 0 spiro atoms. The first-order valence-electron chi connectivity index (χ1n) is 7.99. The van der Waals surface area contributed by atoms with Crippen LogP contribution in [-0.2, 0) is 18.3 Å². The van der Waals surface area contributed by atoms with Gasteiger partial charge in [-0.15, -0.1) is 0 Å². The van der Waals surface area contributed by atoms with Crippen molar-refractivity contribution >= 4 is 5.91 Å². The standard InChI is InChI=1S/C17H22N4O3/c1-3-4-7-14(12-6-5-8-18-10-12)20-15(22)9-13-11-19-17(24)21(2)16(13)23/h5-6,8,10-11,14H,3-4,7,9H2,1-2H3,(H,19,24)(H,20,22). The number of aromatic amines is 1. The molecular weight excluding hydrogens is 308 g/mol. The summed E-state index contributed by atoms with van der Waals surface area (Å²) in [6.45, 7) is 2.09. The summed E-state index contributed by atoms with van der Waals surface area (Å²) >= 11 is 0. The summed E-state index contributed by atoms with van der Waals surface area (Å²) in [7, 11) is 1.38. The largest absolute Gasteiger partial charge is 0.349 e. The first-order chi connectivity index (χ1) is 11.5. The van der Waals surface area contributed by atoms with Gasteiger partial charge in [-0.2, -0.15) is 0 Å².